The van der Waals surface area contributed by atoms with Crippen molar-refractivity contribution in [1.82, 2.24) is 5.32 Å². The Hall–Kier alpha value is -1.00. The highest BCUT2D eigenvalue weighted by molar-refractivity contribution is 7.98. The summed E-state index contributed by atoms with van der Waals surface area (Å²) in [6.07, 6.45) is 2.67. The van der Waals surface area contributed by atoms with Gasteiger partial charge in [0.25, 0.3) is 5.91 Å². The molecule has 0 spiro atoms. The van der Waals surface area contributed by atoms with Crippen LogP contribution in [0.25, 0.3) is 0 Å². The predicted molar refractivity (Wildman–Crippen MR) is 80.8 cm³/mol. The van der Waals surface area contributed by atoms with Crippen LogP contribution in [0.1, 0.15) is 36.2 Å². The Morgan fingerprint density at radius 2 is 2.11 bits per heavy atom. The molecule has 1 rings (SSSR count). The van der Waals surface area contributed by atoms with E-state index in [1.165, 1.54) is 0 Å². The van der Waals surface area contributed by atoms with Crippen molar-refractivity contribution < 1.29 is 9.90 Å². The molecule has 0 atom stereocenters. The highest BCUT2D eigenvalue weighted by Gasteiger charge is 2.19. The van der Waals surface area contributed by atoms with Gasteiger partial charge in [0, 0.05) is 23.6 Å². The number of aliphatic hydroxyl groups excluding tert-OH is 1. The molecule has 106 valence electrons. The minimum atomic E-state index is -0.0879. The summed E-state index contributed by atoms with van der Waals surface area (Å²) in [7, 11) is 0. The molecule has 1 amide bonds. The zero-order valence-corrected chi connectivity index (χ0v) is 12.9. The highest BCUT2D eigenvalue weighted by atomic mass is 32.2. The molecule has 3 nitrogen and oxygen atoms in total. The molecule has 2 N–H and O–H groups in total. The third kappa shape index (κ3) is 4.88. The second-order valence-electron chi connectivity index (χ2n) is 5.50. The molecule has 1 aromatic rings. The van der Waals surface area contributed by atoms with Crippen LogP contribution >= 0.6 is 11.8 Å². The predicted octanol–water partition coefficient (Wildman–Crippen LogP) is 2.86. The van der Waals surface area contributed by atoms with Crippen molar-refractivity contribution in [3.05, 3.63) is 29.3 Å². The summed E-state index contributed by atoms with van der Waals surface area (Å²) in [6.45, 7) is 6.72. The van der Waals surface area contributed by atoms with Crippen molar-refractivity contribution in [1.29, 1.82) is 0 Å². The summed E-state index contributed by atoms with van der Waals surface area (Å²) < 4.78 is 0. The zero-order valence-electron chi connectivity index (χ0n) is 12.1. The Labute approximate surface area is 119 Å². The number of amides is 1. The van der Waals surface area contributed by atoms with Gasteiger partial charge in [0.1, 0.15) is 0 Å². The number of benzene rings is 1. The molecule has 0 heterocycles. The summed E-state index contributed by atoms with van der Waals surface area (Å²) in [6, 6.07) is 5.92. The number of nitrogens with one attached hydrogen (secondary N) is 1. The minimum Gasteiger partial charge on any atom is -0.396 e. The third-order valence-electron chi connectivity index (χ3n) is 3.21. The lowest BCUT2D eigenvalue weighted by Gasteiger charge is -2.24. The van der Waals surface area contributed by atoms with Crippen molar-refractivity contribution in [3.63, 3.8) is 0 Å². The normalized spacial score (nSPS) is 11.4. The van der Waals surface area contributed by atoms with E-state index in [0.29, 0.717) is 13.0 Å². The Balaban J connectivity index is 2.73. The average Bonchev–Trinajstić information content (AvgIpc) is 2.36. The third-order valence-corrected chi connectivity index (χ3v) is 3.93. The molecule has 0 aliphatic rings. The van der Waals surface area contributed by atoms with Crippen LogP contribution in [0, 0.1) is 12.3 Å². The van der Waals surface area contributed by atoms with Crippen molar-refractivity contribution in [2.45, 2.75) is 32.1 Å². The Morgan fingerprint density at radius 3 is 2.68 bits per heavy atom. The van der Waals surface area contributed by atoms with Crippen molar-refractivity contribution in [2.75, 3.05) is 19.4 Å². The van der Waals surface area contributed by atoms with E-state index in [9.17, 15) is 4.79 Å². The summed E-state index contributed by atoms with van der Waals surface area (Å²) in [5.41, 5.74) is 1.62. The number of aliphatic hydroxyl groups is 1. The zero-order chi connectivity index (χ0) is 14.5. The van der Waals surface area contributed by atoms with E-state index in [0.717, 1.165) is 16.0 Å². The second kappa shape index (κ2) is 6.96. The first-order chi connectivity index (χ1) is 8.89. The first-order valence-electron chi connectivity index (χ1n) is 6.43. The average molecular weight is 281 g/mol. The molecule has 0 aliphatic carbocycles. The maximum absolute atomic E-state index is 12.2. The molecule has 0 unspecified atom stereocenters. The lowest BCUT2D eigenvalue weighted by atomic mass is 9.89. The van der Waals surface area contributed by atoms with Crippen LogP contribution in [0.4, 0.5) is 0 Å². The fraction of sp³-hybridized carbons (Fsp3) is 0.533. The molecular weight excluding hydrogens is 258 g/mol. The molecule has 0 radical (unpaired) electrons. The fourth-order valence-corrected chi connectivity index (χ4v) is 2.22. The van der Waals surface area contributed by atoms with E-state index in [2.05, 4.69) is 5.32 Å². The van der Waals surface area contributed by atoms with Gasteiger partial charge in [0.05, 0.1) is 0 Å². The van der Waals surface area contributed by atoms with E-state index in [-0.39, 0.29) is 17.9 Å². The lowest BCUT2D eigenvalue weighted by Crippen LogP contribution is -2.34. The fourth-order valence-electron chi connectivity index (χ4n) is 1.78. The van der Waals surface area contributed by atoms with Gasteiger partial charge in [-0.3, -0.25) is 4.79 Å². The van der Waals surface area contributed by atoms with Gasteiger partial charge in [-0.15, -0.1) is 11.8 Å². The van der Waals surface area contributed by atoms with Gasteiger partial charge in [0.2, 0.25) is 0 Å². The first-order valence-corrected chi connectivity index (χ1v) is 7.66. The lowest BCUT2D eigenvalue weighted by molar-refractivity contribution is 0.0927. The Bertz CT molecular complexity index is 444. The van der Waals surface area contributed by atoms with E-state index >= 15 is 0 Å². The van der Waals surface area contributed by atoms with Crippen LogP contribution in [-0.4, -0.2) is 30.4 Å². The topological polar surface area (TPSA) is 49.3 Å². The summed E-state index contributed by atoms with van der Waals surface area (Å²) in [5.74, 6) is -0.0422. The summed E-state index contributed by atoms with van der Waals surface area (Å²) in [5, 5.41) is 11.9. The number of thioether (sulfide) groups is 1. The molecule has 4 heteroatoms. The maximum Gasteiger partial charge on any atom is 0.251 e. The van der Waals surface area contributed by atoms with Crippen molar-refractivity contribution in [3.8, 4) is 0 Å². The van der Waals surface area contributed by atoms with Gasteiger partial charge in [0.15, 0.2) is 0 Å². The summed E-state index contributed by atoms with van der Waals surface area (Å²) >= 11 is 1.63. The van der Waals surface area contributed by atoms with Crippen LogP contribution in [0.5, 0.6) is 0 Å². The molecule has 0 bridgehead atoms. The molecule has 1 aromatic carbocycles. The number of aryl methyl sites for hydroxylation is 1. The van der Waals surface area contributed by atoms with E-state index in [1.807, 2.05) is 45.2 Å². The molecular formula is C15H23NO2S. The number of carbonyl (C=O) groups is 1. The molecule has 0 fully saturated rings. The quantitative estimate of drug-likeness (QED) is 0.788. The number of carbonyl (C=O) groups excluding carboxylic acids is 1. The largest absolute Gasteiger partial charge is 0.396 e. The van der Waals surface area contributed by atoms with Gasteiger partial charge in [-0.1, -0.05) is 19.9 Å². The van der Waals surface area contributed by atoms with Crippen LogP contribution < -0.4 is 5.32 Å². The molecule has 0 saturated carbocycles. The van der Waals surface area contributed by atoms with Gasteiger partial charge in [-0.05, 0) is 42.7 Å². The van der Waals surface area contributed by atoms with Crippen LogP contribution in [0.3, 0.4) is 0 Å². The SMILES string of the molecule is CSc1ccc(C)c(C(=O)NCC(C)(C)CCO)c1. The Kier molecular flexibility index (Phi) is 5.88. The van der Waals surface area contributed by atoms with E-state index in [1.54, 1.807) is 11.8 Å². The van der Waals surface area contributed by atoms with Crippen molar-refractivity contribution >= 4 is 17.7 Å². The van der Waals surface area contributed by atoms with E-state index < -0.39 is 0 Å². The van der Waals surface area contributed by atoms with Crippen molar-refractivity contribution in [2.24, 2.45) is 5.41 Å². The van der Waals surface area contributed by atoms with Gasteiger partial charge < -0.3 is 10.4 Å². The van der Waals surface area contributed by atoms with Gasteiger partial charge >= 0.3 is 0 Å². The number of hydrogen-bond acceptors (Lipinski definition) is 3. The maximum atomic E-state index is 12.2. The van der Waals surface area contributed by atoms with Crippen LogP contribution in [0.15, 0.2) is 23.1 Å². The number of rotatable bonds is 6. The second-order valence-corrected chi connectivity index (χ2v) is 6.38. The first kappa shape index (κ1) is 16.1. The minimum absolute atomic E-state index is 0.0422. The number of hydrogen-bond donors (Lipinski definition) is 2. The van der Waals surface area contributed by atoms with Gasteiger partial charge in [-0.25, -0.2) is 0 Å². The molecule has 0 saturated heterocycles. The van der Waals surface area contributed by atoms with Crippen LogP contribution in [-0.2, 0) is 0 Å². The molecule has 0 aliphatic heterocycles. The highest BCUT2D eigenvalue weighted by Crippen LogP contribution is 2.21. The smallest absolute Gasteiger partial charge is 0.251 e. The Morgan fingerprint density at radius 1 is 1.42 bits per heavy atom. The van der Waals surface area contributed by atoms with Gasteiger partial charge in [-0.2, -0.15) is 0 Å². The standard InChI is InChI=1S/C15H23NO2S/c1-11-5-6-12(19-4)9-13(11)14(18)16-10-15(2,3)7-8-17/h5-6,9,17H,7-8,10H2,1-4H3,(H,16,18). The summed E-state index contributed by atoms with van der Waals surface area (Å²) in [4.78, 5) is 13.3. The van der Waals surface area contributed by atoms with Crippen LogP contribution in [0.2, 0.25) is 0 Å². The monoisotopic (exact) mass is 281 g/mol. The van der Waals surface area contributed by atoms with E-state index in [4.69, 9.17) is 5.11 Å². The molecule has 0 aromatic heterocycles. The molecule has 19 heavy (non-hydrogen) atoms.